The third-order valence-corrected chi connectivity index (χ3v) is 3.43. The number of anilines is 2. The van der Waals surface area contributed by atoms with Gasteiger partial charge in [-0.1, -0.05) is 24.3 Å². The lowest BCUT2D eigenvalue weighted by atomic mass is 10.0. The minimum Gasteiger partial charge on any atom is -0.497 e. The van der Waals surface area contributed by atoms with E-state index in [1.165, 1.54) is 6.20 Å². The highest BCUT2D eigenvalue weighted by atomic mass is 16.5. The maximum atomic E-state index is 5.89. The van der Waals surface area contributed by atoms with Gasteiger partial charge in [0, 0.05) is 6.42 Å². The Bertz CT molecular complexity index is 801. The summed E-state index contributed by atoms with van der Waals surface area (Å²) in [6.45, 7) is 0. The molecule has 0 saturated heterocycles. The van der Waals surface area contributed by atoms with Crippen LogP contribution in [0.5, 0.6) is 5.75 Å². The van der Waals surface area contributed by atoms with Crippen LogP contribution >= 0.6 is 0 Å². The molecule has 21 heavy (non-hydrogen) atoms. The zero-order chi connectivity index (χ0) is 14.8. The molecule has 0 atom stereocenters. The molecule has 5 nitrogen and oxygen atoms in total. The van der Waals surface area contributed by atoms with Gasteiger partial charge in [-0.05, 0) is 28.5 Å². The van der Waals surface area contributed by atoms with Crippen LogP contribution in [0, 0.1) is 0 Å². The summed E-state index contributed by atoms with van der Waals surface area (Å²) in [5, 5.41) is 2.27. The van der Waals surface area contributed by atoms with Gasteiger partial charge in [-0.2, -0.15) is 0 Å². The molecule has 0 spiro atoms. The van der Waals surface area contributed by atoms with Crippen molar-refractivity contribution in [1.82, 2.24) is 9.97 Å². The Balaban J connectivity index is 2.04. The smallest absolute Gasteiger partial charge is 0.147 e. The summed E-state index contributed by atoms with van der Waals surface area (Å²) in [7, 11) is 1.66. The molecule has 3 rings (SSSR count). The first-order valence-corrected chi connectivity index (χ1v) is 6.60. The first-order chi connectivity index (χ1) is 10.2. The number of ether oxygens (including phenoxy) is 1. The first kappa shape index (κ1) is 13.2. The second-order valence-electron chi connectivity index (χ2n) is 4.81. The molecule has 0 fully saturated rings. The van der Waals surface area contributed by atoms with Crippen LogP contribution in [0.15, 0.2) is 42.6 Å². The average Bonchev–Trinajstić information content (AvgIpc) is 2.49. The number of nitrogens with zero attached hydrogens (tertiary/aromatic N) is 2. The Morgan fingerprint density at radius 2 is 2.00 bits per heavy atom. The summed E-state index contributed by atoms with van der Waals surface area (Å²) >= 11 is 0. The predicted molar refractivity (Wildman–Crippen MR) is 84.2 cm³/mol. The minimum absolute atomic E-state index is 0.332. The summed E-state index contributed by atoms with van der Waals surface area (Å²) in [6.07, 6.45) is 2.14. The Hall–Kier alpha value is -2.82. The van der Waals surface area contributed by atoms with E-state index in [2.05, 4.69) is 22.1 Å². The van der Waals surface area contributed by atoms with E-state index in [-0.39, 0.29) is 0 Å². The van der Waals surface area contributed by atoms with Gasteiger partial charge in [-0.25, -0.2) is 4.98 Å². The van der Waals surface area contributed by atoms with Gasteiger partial charge in [0.2, 0.25) is 0 Å². The third-order valence-electron chi connectivity index (χ3n) is 3.43. The maximum absolute atomic E-state index is 5.89. The summed E-state index contributed by atoms with van der Waals surface area (Å²) in [4.78, 5) is 8.33. The molecular formula is C16H16N4O. The topological polar surface area (TPSA) is 87.0 Å². The lowest BCUT2D eigenvalue weighted by molar-refractivity contribution is 0.415. The lowest BCUT2D eigenvalue weighted by Gasteiger charge is -2.09. The molecule has 0 unspecified atom stereocenters. The summed E-state index contributed by atoms with van der Waals surface area (Å²) in [5.41, 5.74) is 13.3. The fourth-order valence-corrected chi connectivity index (χ4v) is 2.37. The summed E-state index contributed by atoms with van der Waals surface area (Å²) in [6, 6.07) is 12.1. The lowest BCUT2D eigenvalue weighted by Crippen LogP contribution is -2.04. The van der Waals surface area contributed by atoms with Crippen LogP contribution in [0.3, 0.4) is 0 Å². The van der Waals surface area contributed by atoms with Crippen molar-refractivity contribution in [2.45, 2.75) is 6.42 Å². The predicted octanol–water partition coefficient (Wildman–Crippen LogP) is 2.39. The molecule has 1 heterocycles. The molecule has 2 aromatic carbocycles. The minimum atomic E-state index is 0.332. The van der Waals surface area contributed by atoms with Gasteiger partial charge in [0.1, 0.15) is 17.4 Å². The number of hydrogen-bond acceptors (Lipinski definition) is 5. The second kappa shape index (κ2) is 5.28. The largest absolute Gasteiger partial charge is 0.497 e. The van der Waals surface area contributed by atoms with E-state index in [1.807, 2.05) is 24.3 Å². The Morgan fingerprint density at radius 1 is 1.14 bits per heavy atom. The zero-order valence-electron chi connectivity index (χ0n) is 11.7. The van der Waals surface area contributed by atoms with E-state index in [0.29, 0.717) is 18.1 Å². The van der Waals surface area contributed by atoms with Crippen LogP contribution in [0.1, 0.15) is 11.3 Å². The zero-order valence-corrected chi connectivity index (χ0v) is 11.7. The van der Waals surface area contributed by atoms with E-state index in [1.54, 1.807) is 7.11 Å². The number of benzene rings is 2. The van der Waals surface area contributed by atoms with Gasteiger partial charge in [0.15, 0.2) is 0 Å². The molecule has 0 aliphatic carbocycles. The van der Waals surface area contributed by atoms with Crippen LogP contribution in [-0.2, 0) is 6.42 Å². The average molecular weight is 280 g/mol. The number of rotatable bonds is 3. The van der Waals surface area contributed by atoms with Crippen LogP contribution in [-0.4, -0.2) is 17.1 Å². The van der Waals surface area contributed by atoms with Gasteiger partial charge in [-0.15, -0.1) is 0 Å². The number of fused-ring (bicyclic) bond motifs is 1. The van der Waals surface area contributed by atoms with Crippen molar-refractivity contribution in [3.8, 4) is 5.75 Å². The fraction of sp³-hybridized carbons (Fsp3) is 0.125. The molecule has 106 valence electrons. The number of methoxy groups -OCH3 is 1. The number of hydrogen-bond donors (Lipinski definition) is 2. The third kappa shape index (κ3) is 2.58. The van der Waals surface area contributed by atoms with Gasteiger partial charge in [0.05, 0.1) is 19.0 Å². The standard InChI is InChI=1S/C16H16N4O/c1-21-12-5-6-13-10(7-12)3-2-4-11(13)8-14-16(18)20-15(17)9-19-14/h2-7,9H,8H2,1H3,(H4,17,18,20). The molecule has 0 saturated carbocycles. The molecule has 0 aliphatic heterocycles. The molecule has 0 amide bonds. The van der Waals surface area contributed by atoms with E-state index in [0.717, 1.165) is 27.8 Å². The fourth-order valence-electron chi connectivity index (χ4n) is 2.37. The van der Waals surface area contributed by atoms with E-state index in [4.69, 9.17) is 16.2 Å². The van der Waals surface area contributed by atoms with Gasteiger partial charge in [-0.3, -0.25) is 4.98 Å². The first-order valence-electron chi connectivity index (χ1n) is 6.60. The quantitative estimate of drug-likeness (QED) is 0.769. The number of nitrogen functional groups attached to an aromatic ring is 2. The van der Waals surface area contributed by atoms with Crippen molar-refractivity contribution < 1.29 is 4.74 Å². The second-order valence-corrected chi connectivity index (χ2v) is 4.81. The van der Waals surface area contributed by atoms with Crippen molar-refractivity contribution in [3.63, 3.8) is 0 Å². The Morgan fingerprint density at radius 3 is 2.76 bits per heavy atom. The SMILES string of the molecule is COc1ccc2c(Cc3ncc(N)nc3N)cccc2c1. The van der Waals surface area contributed by atoms with Gasteiger partial charge < -0.3 is 16.2 Å². The Labute approximate surface area is 122 Å². The molecular weight excluding hydrogens is 264 g/mol. The van der Waals surface area contributed by atoms with Crippen molar-refractivity contribution in [2.24, 2.45) is 0 Å². The van der Waals surface area contributed by atoms with Crippen LogP contribution in [0.2, 0.25) is 0 Å². The molecule has 1 aromatic heterocycles. The van der Waals surface area contributed by atoms with Gasteiger partial charge >= 0.3 is 0 Å². The molecule has 5 heteroatoms. The molecule has 0 bridgehead atoms. The van der Waals surface area contributed by atoms with Crippen molar-refractivity contribution in [2.75, 3.05) is 18.6 Å². The van der Waals surface area contributed by atoms with E-state index < -0.39 is 0 Å². The van der Waals surface area contributed by atoms with E-state index >= 15 is 0 Å². The number of nitrogens with two attached hydrogens (primary N) is 2. The molecule has 0 aliphatic rings. The van der Waals surface area contributed by atoms with Crippen molar-refractivity contribution in [3.05, 3.63) is 53.9 Å². The summed E-state index contributed by atoms with van der Waals surface area (Å²) in [5.74, 6) is 1.55. The highest BCUT2D eigenvalue weighted by Gasteiger charge is 2.08. The normalized spacial score (nSPS) is 10.7. The molecule has 0 radical (unpaired) electrons. The van der Waals surface area contributed by atoms with Crippen LogP contribution < -0.4 is 16.2 Å². The molecule has 3 aromatic rings. The monoisotopic (exact) mass is 280 g/mol. The van der Waals surface area contributed by atoms with Crippen LogP contribution in [0.25, 0.3) is 10.8 Å². The number of aromatic nitrogens is 2. The Kier molecular flexibility index (Phi) is 3.31. The van der Waals surface area contributed by atoms with Crippen molar-refractivity contribution in [1.29, 1.82) is 0 Å². The van der Waals surface area contributed by atoms with E-state index in [9.17, 15) is 0 Å². The molecule has 4 N–H and O–H groups in total. The maximum Gasteiger partial charge on any atom is 0.147 e. The summed E-state index contributed by atoms with van der Waals surface area (Å²) < 4.78 is 5.26. The van der Waals surface area contributed by atoms with Crippen molar-refractivity contribution >= 4 is 22.4 Å². The van der Waals surface area contributed by atoms with Crippen LogP contribution in [0.4, 0.5) is 11.6 Å². The highest BCUT2D eigenvalue weighted by Crippen LogP contribution is 2.26. The highest BCUT2D eigenvalue weighted by molar-refractivity contribution is 5.87. The van der Waals surface area contributed by atoms with Gasteiger partial charge in [0.25, 0.3) is 0 Å².